The molecule has 0 saturated heterocycles. The van der Waals surface area contributed by atoms with E-state index in [1.165, 1.54) is 56.9 Å². The molecule has 0 aliphatic heterocycles. The summed E-state index contributed by atoms with van der Waals surface area (Å²) in [6.07, 6.45) is 17.6. The molecule has 2 unspecified atom stereocenters. The number of hydrogen-bond donors (Lipinski definition) is 0. The number of hydrogen-bond acceptors (Lipinski definition) is 0. The van der Waals surface area contributed by atoms with Crippen LogP contribution < -0.4 is 0 Å². The SMILES string of the molecule is C=CC1C=CC(CCc2ccc(C3CCC(C)CC3)cc2)CC1. The van der Waals surface area contributed by atoms with Crippen LogP contribution in [0.5, 0.6) is 0 Å². The molecule has 1 saturated carbocycles. The molecule has 1 fully saturated rings. The molecule has 0 nitrogen and oxygen atoms in total. The molecule has 124 valence electrons. The third-order valence-electron chi connectivity index (χ3n) is 6.07. The lowest BCUT2D eigenvalue weighted by Gasteiger charge is -2.26. The van der Waals surface area contributed by atoms with Crippen molar-refractivity contribution in [3.05, 3.63) is 60.2 Å². The lowest BCUT2D eigenvalue weighted by molar-refractivity contribution is 0.348. The van der Waals surface area contributed by atoms with E-state index in [1.807, 2.05) is 0 Å². The van der Waals surface area contributed by atoms with Crippen molar-refractivity contribution in [3.63, 3.8) is 0 Å². The van der Waals surface area contributed by atoms with Crippen molar-refractivity contribution in [1.29, 1.82) is 0 Å². The van der Waals surface area contributed by atoms with E-state index < -0.39 is 0 Å². The molecule has 1 aromatic rings. The van der Waals surface area contributed by atoms with Gasteiger partial charge in [0.1, 0.15) is 0 Å². The molecule has 0 heteroatoms. The van der Waals surface area contributed by atoms with Crippen LogP contribution in [0.4, 0.5) is 0 Å². The maximum atomic E-state index is 3.90. The maximum absolute atomic E-state index is 3.90. The van der Waals surface area contributed by atoms with Gasteiger partial charge in [0.05, 0.1) is 0 Å². The molecular formula is C23H32. The summed E-state index contributed by atoms with van der Waals surface area (Å²) in [4.78, 5) is 0. The van der Waals surface area contributed by atoms with E-state index in [0.717, 1.165) is 17.8 Å². The average Bonchev–Trinajstić information content (AvgIpc) is 2.61. The highest BCUT2D eigenvalue weighted by Crippen LogP contribution is 2.35. The maximum Gasteiger partial charge on any atom is -0.00559 e. The van der Waals surface area contributed by atoms with Crippen molar-refractivity contribution >= 4 is 0 Å². The zero-order valence-corrected chi connectivity index (χ0v) is 14.7. The first kappa shape index (κ1) is 16.6. The van der Waals surface area contributed by atoms with Crippen molar-refractivity contribution in [2.24, 2.45) is 17.8 Å². The first-order valence-electron chi connectivity index (χ1n) is 9.64. The van der Waals surface area contributed by atoms with E-state index in [2.05, 4.69) is 56.0 Å². The van der Waals surface area contributed by atoms with E-state index in [-0.39, 0.29) is 0 Å². The molecule has 0 amide bonds. The third-order valence-corrected chi connectivity index (χ3v) is 6.07. The van der Waals surface area contributed by atoms with E-state index >= 15 is 0 Å². The molecule has 2 atom stereocenters. The van der Waals surface area contributed by atoms with Gasteiger partial charge in [0, 0.05) is 0 Å². The molecule has 0 aromatic heterocycles. The van der Waals surface area contributed by atoms with Crippen molar-refractivity contribution in [2.45, 2.75) is 64.2 Å². The van der Waals surface area contributed by atoms with Gasteiger partial charge in [-0.15, -0.1) is 6.58 Å². The monoisotopic (exact) mass is 308 g/mol. The number of allylic oxidation sites excluding steroid dienone is 3. The fraction of sp³-hybridized carbons (Fsp3) is 0.565. The van der Waals surface area contributed by atoms with Gasteiger partial charge in [0.15, 0.2) is 0 Å². The zero-order valence-electron chi connectivity index (χ0n) is 14.7. The molecule has 3 rings (SSSR count). The minimum absolute atomic E-state index is 0.615. The first-order chi connectivity index (χ1) is 11.2. The van der Waals surface area contributed by atoms with Crippen LogP contribution in [0, 0.1) is 17.8 Å². The van der Waals surface area contributed by atoms with Gasteiger partial charge in [-0.25, -0.2) is 0 Å². The normalized spacial score (nSPS) is 31.0. The van der Waals surface area contributed by atoms with E-state index in [1.54, 1.807) is 5.56 Å². The standard InChI is InChI=1S/C23H32/c1-3-19-6-8-20(9-7-19)10-11-21-12-16-23(17-13-21)22-14-4-18(2)5-15-22/h3,6,8,12-13,16-20,22H,1,4-5,7,9-11,14-15H2,2H3. The van der Waals surface area contributed by atoms with Gasteiger partial charge in [0.2, 0.25) is 0 Å². The highest BCUT2D eigenvalue weighted by atomic mass is 14.2. The van der Waals surface area contributed by atoms with Crippen molar-refractivity contribution < 1.29 is 0 Å². The van der Waals surface area contributed by atoms with Crippen LogP contribution in [0.25, 0.3) is 0 Å². The molecule has 0 N–H and O–H groups in total. The third kappa shape index (κ3) is 4.59. The molecule has 23 heavy (non-hydrogen) atoms. The number of benzene rings is 1. The number of aryl methyl sites for hydroxylation is 1. The van der Waals surface area contributed by atoms with E-state index in [9.17, 15) is 0 Å². The molecular weight excluding hydrogens is 276 g/mol. The van der Waals surface area contributed by atoms with Gasteiger partial charge in [-0.3, -0.25) is 0 Å². The summed E-state index contributed by atoms with van der Waals surface area (Å²) in [5.74, 6) is 3.14. The number of rotatable bonds is 5. The minimum Gasteiger partial charge on any atom is -0.102 e. The highest BCUT2D eigenvalue weighted by Gasteiger charge is 2.19. The summed E-state index contributed by atoms with van der Waals surface area (Å²) < 4.78 is 0. The summed E-state index contributed by atoms with van der Waals surface area (Å²) >= 11 is 0. The molecule has 0 radical (unpaired) electrons. The van der Waals surface area contributed by atoms with Gasteiger partial charge in [-0.2, -0.15) is 0 Å². The Morgan fingerprint density at radius 1 is 0.957 bits per heavy atom. The van der Waals surface area contributed by atoms with Crippen LogP contribution >= 0.6 is 0 Å². The second kappa shape index (κ2) is 7.99. The summed E-state index contributed by atoms with van der Waals surface area (Å²) in [5.41, 5.74) is 3.09. The second-order valence-electron chi connectivity index (χ2n) is 7.86. The Morgan fingerprint density at radius 3 is 2.30 bits per heavy atom. The van der Waals surface area contributed by atoms with Crippen LogP contribution in [0.15, 0.2) is 49.1 Å². The summed E-state index contributed by atoms with van der Waals surface area (Å²) in [6.45, 7) is 6.30. The Morgan fingerprint density at radius 2 is 1.70 bits per heavy atom. The molecule has 0 bridgehead atoms. The van der Waals surface area contributed by atoms with Crippen molar-refractivity contribution in [1.82, 2.24) is 0 Å². The van der Waals surface area contributed by atoms with E-state index in [0.29, 0.717) is 5.92 Å². The Bertz CT molecular complexity index is 513. The molecule has 1 aromatic carbocycles. The topological polar surface area (TPSA) is 0 Å². The largest absolute Gasteiger partial charge is 0.102 e. The van der Waals surface area contributed by atoms with Crippen LogP contribution in [0.1, 0.15) is 68.9 Å². The van der Waals surface area contributed by atoms with Crippen LogP contribution in [-0.2, 0) is 6.42 Å². The Kier molecular flexibility index (Phi) is 5.75. The van der Waals surface area contributed by atoms with Gasteiger partial charge < -0.3 is 0 Å². The summed E-state index contributed by atoms with van der Waals surface area (Å²) in [5, 5.41) is 0. The lowest BCUT2D eigenvalue weighted by atomic mass is 9.79. The van der Waals surface area contributed by atoms with Crippen LogP contribution in [0.3, 0.4) is 0 Å². The molecule has 0 spiro atoms. The first-order valence-corrected chi connectivity index (χ1v) is 9.64. The Balaban J connectivity index is 1.49. The molecule has 2 aliphatic carbocycles. The second-order valence-corrected chi connectivity index (χ2v) is 7.86. The Labute approximate surface area is 142 Å². The fourth-order valence-corrected chi connectivity index (χ4v) is 4.24. The molecule has 0 heterocycles. The highest BCUT2D eigenvalue weighted by molar-refractivity contribution is 5.26. The van der Waals surface area contributed by atoms with Gasteiger partial charge in [0.25, 0.3) is 0 Å². The lowest BCUT2D eigenvalue weighted by Crippen LogP contribution is -2.11. The average molecular weight is 309 g/mol. The zero-order chi connectivity index (χ0) is 16.1. The summed E-state index contributed by atoms with van der Waals surface area (Å²) in [6, 6.07) is 9.57. The fourth-order valence-electron chi connectivity index (χ4n) is 4.24. The predicted octanol–water partition coefficient (Wildman–Crippen LogP) is 6.68. The predicted molar refractivity (Wildman–Crippen MR) is 101 cm³/mol. The summed E-state index contributed by atoms with van der Waals surface area (Å²) in [7, 11) is 0. The van der Waals surface area contributed by atoms with Crippen LogP contribution in [-0.4, -0.2) is 0 Å². The van der Waals surface area contributed by atoms with Gasteiger partial charge in [-0.05, 0) is 73.3 Å². The quantitative estimate of drug-likeness (QED) is 0.532. The van der Waals surface area contributed by atoms with E-state index in [4.69, 9.17) is 0 Å². The smallest absolute Gasteiger partial charge is 0.00559 e. The Hall–Kier alpha value is -1.30. The van der Waals surface area contributed by atoms with Crippen molar-refractivity contribution in [2.75, 3.05) is 0 Å². The molecule has 2 aliphatic rings. The minimum atomic E-state index is 0.615. The van der Waals surface area contributed by atoms with Crippen molar-refractivity contribution in [3.8, 4) is 0 Å². The van der Waals surface area contributed by atoms with Crippen LogP contribution in [0.2, 0.25) is 0 Å². The van der Waals surface area contributed by atoms with Gasteiger partial charge >= 0.3 is 0 Å². The van der Waals surface area contributed by atoms with Gasteiger partial charge in [-0.1, -0.05) is 62.3 Å².